The van der Waals surface area contributed by atoms with Gasteiger partial charge in [-0.1, -0.05) is 44.8 Å². The number of carboxylic acids is 1. The third-order valence-electron chi connectivity index (χ3n) is 2.86. The van der Waals surface area contributed by atoms with Gasteiger partial charge in [-0.2, -0.15) is 4.98 Å². The normalized spacial score (nSPS) is 10.9. The number of carbonyl (C=O) groups is 1. The summed E-state index contributed by atoms with van der Waals surface area (Å²) >= 11 is 0. The van der Waals surface area contributed by atoms with Crippen molar-refractivity contribution in [1.29, 1.82) is 0 Å². The van der Waals surface area contributed by atoms with Crippen molar-refractivity contribution < 1.29 is 14.4 Å². The molecule has 106 valence electrons. The summed E-state index contributed by atoms with van der Waals surface area (Å²) < 4.78 is 5.00. The summed E-state index contributed by atoms with van der Waals surface area (Å²) in [6.45, 7) is 7.88. The molecule has 19 heavy (non-hydrogen) atoms. The lowest BCUT2D eigenvalue weighted by molar-refractivity contribution is -0.132. The highest BCUT2D eigenvalue weighted by Gasteiger charge is 2.11. The minimum atomic E-state index is -1.03. The van der Waals surface area contributed by atoms with Gasteiger partial charge in [-0.05, 0) is 12.3 Å². The Kier molecular flexibility index (Phi) is 6.25. The number of nitrogens with zero attached hydrogens (tertiary/aromatic N) is 2. The van der Waals surface area contributed by atoms with Crippen LogP contribution in [-0.4, -0.2) is 21.2 Å². The number of unbranched alkanes of at least 4 members (excludes halogenated alkanes) is 2. The molecule has 5 heteroatoms. The average Bonchev–Trinajstić information content (AvgIpc) is 2.75. The second kappa shape index (κ2) is 7.71. The quantitative estimate of drug-likeness (QED) is 0.549. The molecule has 1 aromatic heterocycles. The molecule has 0 amide bonds. The van der Waals surface area contributed by atoms with Gasteiger partial charge in [0.25, 0.3) is 0 Å². The van der Waals surface area contributed by atoms with Crippen LogP contribution < -0.4 is 0 Å². The highest BCUT2D eigenvalue weighted by Crippen LogP contribution is 2.11. The molecule has 0 radical (unpaired) electrons. The van der Waals surface area contributed by atoms with Crippen LogP contribution in [0, 0.1) is 5.92 Å². The van der Waals surface area contributed by atoms with Crippen LogP contribution in [0.25, 0.3) is 0 Å². The summed E-state index contributed by atoms with van der Waals surface area (Å²) in [4.78, 5) is 14.8. The van der Waals surface area contributed by atoms with E-state index in [4.69, 9.17) is 9.63 Å². The molecule has 1 aromatic rings. The Hall–Kier alpha value is -1.65. The van der Waals surface area contributed by atoms with Crippen LogP contribution in [0.2, 0.25) is 0 Å². The molecule has 0 saturated carbocycles. The van der Waals surface area contributed by atoms with Gasteiger partial charge in [-0.3, -0.25) is 0 Å². The van der Waals surface area contributed by atoms with Crippen molar-refractivity contribution in [3.63, 3.8) is 0 Å². The van der Waals surface area contributed by atoms with Crippen molar-refractivity contribution in [3.05, 3.63) is 23.9 Å². The van der Waals surface area contributed by atoms with Gasteiger partial charge in [0.15, 0.2) is 5.82 Å². The van der Waals surface area contributed by atoms with E-state index in [1.807, 2.05) is 0 Å². The molecule has 1 rings (SSSR count). The van der Waals surface area contributed by atoms with E-state index >= 15 is 0 Å². The van der Waals surface area contributed by atoms with E-state index in [0.717, 1.165) is 25.2 Å². The number of aromatic nitrogens is 2. The van der Waals surface area contributed by atoms with Crippen molar-refractivity contribution in [2.75, 3.05) is 0 Å². The monoisotopic (exact) mass is 266 g/mol. The molecule has 0 saturated heterocycles. The zero-order chi connectivity index (χ0) is 14.3. The third-order valence-corrected chi connectivity index (χ3v) is 2.86. The number of aliphatic carboxylic acids is 1. The lowest BCUT2D eigenvalue weighted by Gasteiger charge is -2.02. The molecule has 0 unspecified atom stereocenters. The summed E-state index contributed by atoms with van der Waals surface area (Å²) in [5, 5.41) is 12.5. The molecule has 0 atom stereocenters. The van der Waals surface area contributed by atoms with E-state index in [0.29, 0.717) is 11.7 Å². The van der Waals surface area contributed by atoms with Gasteiger partial charge in [0.2, 0.25) is 5.89 Å². The molecule has 0 spiro atoms. The molecule has 0 aromatic carbocycles. The number of hydrogen-bond acceptors (Lipinski definition) is 4. The fourth-order valence-corrected chi connectivity index (χ4v) is 1.73. The van der Waals surface area contributed by atoms with E-state index < -0.39 is 5.97 Å². The average molecular weight is 266 g/mol. The van der Waals surface area contributed by atoms with Crippen LogP contribution >= 0.6 is 0 Å². The van der Waals surface area contributed by atoms with Gasteiger partial charge < -0.3 is 9.63 Å². The molecule has 5 nitrogen and oxygen atoms in total. The second-order valence-electron chi connectivity index (χ2n) is 5.18. The van der Waals surface area contributed by atoms with E-state index in [2.05, 4.69) is 30.6 Å². The topological polar surface area (TPSA) is 76.2 Å². The van der Waals surface area contributed by atoms with Gasteiger partial charge in [0.1, 0.15) is 0 Å². The lowest BCUT2D eigenvalue weighted by atomic mass is 10.0. The first-order chi connectivity index (χ1) is 8.99. The Labute approximate surface area is 113 Å². The van der Waals surface area contributed by atoms with Gasteiger partial charge in [0.05, 0.1) is 6.42 Å². The maximum atomic E-state index is 10.6. The fraction of sp³-hybridized carbons (Fsp3) is 0.643. The van der Waals surface area contributed by atoms with Crippen molar-refractivity contribution in [2.24, 2.45) is 5.92 Å². The van der Waals surface area contributed by atoms with Gasteiger partial charge >= 0.3 is 5.97 Å². The zero-order valence-corrected chi connectivity index (χ0v) is 11.7. The summed E-state index contributed by atoms with van der Waals surface area (Å²) in [6, 6.07) is 0. The molecule has 0 aliphatic carbocycles. The first-order valence-corrected chi connectivity index (χ1v) is 6.71. The Morgan fingerprint density at radius 1 is 1.37 bits per heavy atom. The highest BCUT2D eigenvalue weighted by molar-refractivity contribution is 5.86. The summed E-state index contributed by atoms with van der Waals surface area (Å²) in [5.74, 6) is 0.689. The molecule has 1 heterocycles. The minimum Gasteiger partial charge on any atom is -0.478 e. The van der Waals surface area contributed by atoms with E-state index in [1.165, 1.54) is 12.8 Å². The third kappa shape index (κ3) is 6.18. The van der Waals surface area contributed by atoms with E-state index in [1.54, 1.807) is 0 Å². The summed E-state index contributed by atoms with van der Waals surface area (Å²) in [6.07, 6.45) is 5.54. The predicted octanol–water partition coefficient (Wildman–Crippen LogP) is 3.01. The molecular formula is C14H22N2O3. The van der Waals surface area contributed by atoms with Crippen LogP contribution in [0.4, 0.5) is 0 Å². The Morgan fingerprint density at radius 2 is 2.11 bits per heavy atom. The molecule has 0 aliphatic heterocycles. The SMILES string of the molecule is C=C(Cc1nc(CCCCCC(C)C)no1)C(=O)O. The maximum absolute atomic E-state index is 10.6. The van der Waals surface area contributed by atoms with Gasteiger partial charge in [-0.25, -0.2) is 4.79 Å². The minimum absolute atomic E-state index is 0.0622. The second-order valence-corrected chi connectivity index (χ2v) is 5.18. The van der Waals surface area contributed by atoms with Crippen molar-refractivity contribution >= 4 is 5.97 Å². The zero-order valence-electron chi connectivity index (χ0n) is 11.7. The standard InChI is InChI=1S/C14H22N2O3/c1-10(2)7-5-4-6-8-12-15-13(19-16-12)9-11(3)14(17)18/h10H,3-9H2,1-2H3,(H,17,18). The fourth-order valence-electron chi connectivity index (χ4n) is 1.73. The van der Waals surface area contributed by atoms with E-state index in [-0.39, 0.29) is 12.0 Å². The molecule has 0 aliphatic rings. The van der Waals surface area contributed by atoms with Gasteiger partial charge in [-0.15, -0.1) is 0 Å². The van der Waals surface area contributed by atoms with Crippen molar-refractivity contribution in [2.45, 2.75) is 52.4 Å². The molecule has 0 bridgehead atoms. The predicted molar refractivity (Wildman–Crippen MR) is 71.8 cm³/mol. The summed E-state index contributed by atoms with van der Waals surface area (Å²) in [5.41, 5.74) is 0.0622. The Bertz CT molecular complexity index is 424. The number of carboxylic acid groups (broad SMARTS) is 1. The van der Waals surface area contributed by atoms with Crippen LogP contribution in [0.15, 0.2) is 16.7 Å². The maximum Gasteiger partial charge on any atom is 0.331 e. The van der Waals surface area contributed by atoms with Crippen LogP contribution in [0.1, 0.15) is 51.2 Å². The molecule has 0 fully saturated rings. The number of aryl methyl sites for hydroxylation is 1. The van der Waals surface area contributed by atoms with Crippen molar-refractivity contribution in [3.8, 4) is 0 Å². The van der Waals surface area contributed by atoms with Crippen LogP contribution in [0.3, 0.4) is 0 Å². The van der Waals surface area contributed by atoms with Gasteiger partial charge in [0, 0.05) is 12.0 Å². The lowest BCUT2D eigenvalue weighted by Crippen LogP contribution is -2.02. The number of hydrogen-bond donors (Lipinski definition) is 1. The Morgan fingerprint density at radius 3 is 2.74 bits per heavy atom. The Balaban J connectivity index is 2.27. The smallest absolute Gasteiger partial charge is 0.331 e. The largest absolute Gasteiger partial charge is 0.478 e. The highest BCUT2D eigenvalue weighted by atomic mass is 16.5. The molecular weight excluding hydrogens is 244 g/mol. The number of rotatable bonds is 9. The summed E-state index contributed by atoms with van der Waals surface area (Å²) in [7, 11) is 0. The van der Waals surface area contributed by atoms with Crippen LogP contribution in [0.5, 0.6) is 0 Å². The molecule has 1 N–H and O–H groups in total. The first-order valence-electron chi connectivity index (χ1n) is 6.71. The van der Waals surface area contributed by atoms with Crippen LogP contribution in [-0.2, 0) is 17.6 Å². The van der Waals surface area contributed by atoms with E-state index in [9.17, 15) is 4.79 Å². The van der Waals surface area contributed by atoms with Crippen molar-refractivity contribution in [1.82, 2.24) is 10.1 Å². The first kappa shape index (κ1) is 15.4.